The smallest absolute Gasteiger partial charge is 0.320 e. The number of carbonyl (C=O) groups is 3. The van der Waals surface area contributed by atoms with Crippen molar-refractivity contribution in [1.82, 2.24) is 10.2 Å². The summed E-state index contributed by atoms with van der Waals surface area (Å²) >= 11 is 0. The maximum atomic E-state index is 13.7. The zero-order chi connectivity index (χ0) is 19.2. The van der Waals surface area contributed by atoms with Crippen LogP contribution in [0.4, 0.5) is 19.3 Å². The number of benzene rings is 2. The number of hydrogen-bond donors (Lipinski definition) is 2. The molecule has 1 atom stereocenters. The Labute approximate surface area is 153 Å². The highest BCUT2D eigenvalue weighted by molar-refractivity contribution is 6.10. The molecular weight excluding hydrogens is 356 g/mol. The molecule has 0 saturated carbocycles. The summed E-state index contributed by atoms with van der Waals surface area (Å²) in [6.45, 7) is -0.637. The number of anilines is 1. The van der Waals surface area contributed by atoms with Crippen molar-refractivity contribution < 1.29 is 23.2 Å². The molecule has 4 rings (SSSR count). The number of carbonyl (C=O) groups excluding carboxylic acids is 3. The van der Waals surface area contributed by atoms with Crippen LogP contribution in [0.25, 0.3) is 0 Å². The van der Waals surface area contributed by atoms with E-state index >= 15 is 0 Å². The molecule has 2 aromatic rings. The third-order valence-corrected chi connectivity index (χ3v) is 4.95. The number of amides is 4. The predicted octanol–water partition coefficient (Wildman–Crippen LogP) is 2.30. The molecule has 2 aliphatic rings. The summed E-state index contributed by atoms with van der Waals surface area (Å²) in [5.41, 5.74) is -0.121. The van der Waals surface area contributed by atoms with Gasteiger partial charge in [-0.3, -0.25) is 14.5 Å². The van der Waals surface area contributed by atoms with E-state index < -0.39 is 47.3 Å². The molecule has 0 unspecified atom stereocenters. The first kappa shape index (κ1) is 17.1. The Kier molecular flexibility index (Phi) is 3.91. The summed E-state index contributed by atoms with van der Waals surface area (Å²) in [4.78, 5) is 38.3. The highest BCUT2D eigenvalue weighted by Crippen LogP contribution is 2.41. The zero-order valence-corrected chi connectivity index (χ0v) is 14.1. The first-order valence-electron chi connectivity index (χ1n) is 8.39. The van der Waals surface area contributed by atoms with Gasteiger partial charge in [0.15, 0.2) is 0 Å². The third kappa shape index (κ3) is 2.64. The molecule has 1 aliphatic heterocycles. The minimum absolute atomic E-state index is 0.400. The van der Waals surface area contributed by atoms with Crippen LogP contribution in [0.1, 0.15) is 17.5 Å². The van der Waals surface area contributed by atoms with E-state index in [-0.39, 0.29) is 0 Å². The number of nitrogens with zero attached hydrogens (tertiary/aromatic N) is 1. The maximum Gasteiger partial charge on any atom is 0.325 e. The lowest BCUT2D eigenvalue weighted by atomic mass is 9.92. The summed E-state index contributed by atoms with van der Waals surface area (Å²) in [5, 5.41) is 4.77. The summed E-state index contributed by atoms with van der Waals surface area (Å²) in [5.74, 6) is -3.30. The predicted molar refractivity (Wildman–Crippen MR) is 91.7 cm³/mol. The number of urea groups is 1. The van der Waals surface area contributed by atoms with Crippen molar-refractivity contribution >= 4 is 23.5 Å². The molecule has 1 fully saturated rings. The van der Waals surface area contributed by atoms with Crippen molar-refractivity contribution in [3.05, 3.63) is 65.2 Å². The first-order chi connectivity index (χ1) is 12.9. The van der Waals surface area contributed by atoms with E-state index in [9.17, 15) is 23.2 Å². The van der Waals surface area contributed by atoms with Gasteiger partial charge in [0.1, 0.15) is 29.4 Å². The number of fused-ring (bicyclic) bond motifs is 2. The van der Waals surface area contributed by atoms with Crippen molar-refractivity contribution in [1.29, 1.82) is 0 Å². The molecule has 1 heterocycles. The Morgan fingerprint density at radius 2 is 1.81 bits per heavy atom. The second-order valence-corrected chi connectivity index (χ2v) is 6.53. The number of aryl methyl sites for hydroxylation is 1. The van der Waals surface area contributed by atoms with Gasteiger partial charge in [0.05, 0.1) is 0 Å². The Bertz CT molecular complexity index is 958. The average molecular weight is 371 g/mol. The zero-order valence-electron chi connectivity index (χ0n) is 14.1. The van der Waals surface area contributed by atoms with Crippen LogP contribution in [-0.2, 0) is 21.5 Å². The van der Waals surface area contributed by atoms with Gasteiger partial charge in [-0.15, -0.1) is 0 Å². The molecule has 1 saturated heterocycles. The van der Waals surface area contributed by atoms with Crippen molar-refractivity contribution in [3.63, 3.8) is 0 Å². The van der Waals surface area contributed by atoms with Crippen LogP contribution in [0.5, 0.6) is 0 Å². The molecule has 0 radical (unpaired) electrons. The Morgan fingerprint density at radius 3 is 2.56 bits per heavy atom. The molecule has 0 bridgehead atoms. The second kappa shape index (κ2) is 6.15. The minimum atomic E-state index is -1.18. The van der Waals surface area contributed by atoms with Crippen LogP contribution in [0, 0.1) is 11.6 Å². The molecule has 2 aromatic carbocycles. The van der Waals surface area contributed by atoms with Crippen LogP contribution in [0.2, 0.25) is 0 Å². The number of nitrogens with one attached hydrogen (secondary N) is 2. The molecule has 0 aromatic heterocycles. The highest BCUT2D eigenvalue weighted by Gasteiger charge is 2.55. The van der Waals surface area contributed by atoms with E-state index in [0.717, 1.165) is 22.6 Å². The van der Waals surface area contributed by atoms with E-state index in [1.165, 1.54) is 6.07 Å². The molecule has 6 nitrogen and oxygen atoms in total. The molecular formula is C19H15F2N3O3. The van der Waals surface area contributed by atoms with Gasteiger partial charge >= 0.3 is 6.03 Å². The molecule has 4 amide bonds. The lowest BCUT2D eigenvalue weighted by molar-refractivity contribution is -0.134. The van der Waals surface area contributed by atoms with Crippen molar-refractivity contribution in [2.75, 3.05) is 11.9 Å². The van der Waals surface area contributed by atoms with Crippen LogP contribution in [-0.4, -0.2) is 29.3 Å². The van der Waals surface area contributed by atoms with Gasteiger partial charge in [0, 0.05) is 0 Å². The van der Waals surface area contributed by atoms with Crippen molar-refractivity contribution in [3.8, 4) is 0 Å². The summed E-state index contributed by atoms with van der Waals surface area (Å²) in [6.07, 6.45) is 1.03. The first-order valence-corrected chi connectivity index (χ1v) is 8.39. The van der Waals surface area contributed by atoms with E-state index in [1.54, 1.807) is 12.1 Å². The Hall–Kier alpha value is -3.29. The lowest BCUT2D eigenvalue weighted by Crippen LogP contribution is -2.43. The fourth-order valence-corrected chi connectivity index (χ4v) is 3.67. The van der Waals surface area contributed by atoms with Gasteiger partial charge in [0.2, 0.25) is 5.91 Å². The Morgan fingerprint density at radius 1 is 1.11 bits per heavy atom. The monoisotopic (exact) mass is 371 g/mol. The summed E-state index contributed by atoms with van der Waals surface area (Å²) in [7, 11) is 0. The number of rotatable bonds is 3. The summed E-state index contributed by atoms with van der Waals surface area (Å²) in [6, 6.07) is 9.75. The minimum Gasteiger partial charge on any atom is -0.320 e. The van der Waals surface area contributed by atoms with Gasteiger partial charge < -0.3 is 10.6 Å². The number of hydrogen-bond acceptors (Lipinski definition) is 3. The van der Waals surface area contributed by atoms with Gasteiger partial charge in [-0.05, 0) is 36.1 Å². The van der Waals surface area contributed by atoms with Gasteiger partial charge in [-0.25, -0.2) is 13.6 Å². The quantitative estimate of drug-likeness (QED) is 0.813. The van der Waals surface area contributed by atoms with Gasteiger partial charge in [-0.1, -0.05) is 30.3 Å². The van der Waals surface area contributed by atoms with Crippen LogP contribution in [0.3, 0.4) is 0 Å². The molecule has 1 spiro atoms. The number of imide groups is 1. The highest BCUT2D eigenvalue weighted by atomic mass is 19.1. The maximum absolute atomic E-state index is 13.7. The van der Waals surface area contributed by atoms with E-state index in [4.69, 9.17) is 0 Å². The standard InChI is InChI=1S/C19H15F2N3O3/c20-13-6-3-7-14(21)16(13)22-15(25)10-24-17(26)19(23-18(24)27)9-8-11-4-1-2-5-12(11)19/h1-7H,8-10H2,(H,22,25)(H,23,27)/t19-/m0/s1. The molecule has 8 heteroatoms. The lowest BCUT2D eigenvalue weighted by Gasteiger charge is -2.22. The normalized spacial score (nSPS) is 20.7. The van der Waals surface area contributed by atoms with E-state index in [0.29, 0.717) is 18.4 Å². The number of halogens is 2. The van der Waals surface area contributed by atoms with E-state index in [2.05, 4.69) is 10.6 Å². The fraction of sp³-hybridized carbons (Fsp3) is 0.211. The molecule has 1 aliphatic carbocycles. The second-order valence-electron chi connectivity index (χ2n) is 6.53. The van der Waals surface area contributed by atoms with Crippen molar-refractivity contribution in [2.45, 2.75) is 18.4 Å². The molecule has 2 N–H and O–H groups in total. The Balaban J connectivity index is 1.55. The third-order valence-electron chi connectivity index (χ3n) is 4.95. The van der Waals surface area contributed by atoms with Crippen LogP contribution in [0.15, 0.2) is 42.5 Å². The van der Waals surface area contributed by atoms with Crippen LogP contribution < -0.4 is 10.6 Å². The topological polar surface area (TPSA) is 78.5 Å². The number of para-hydroxylation sites is 1. The van der Waals surface area contributed by atoms with Gasteiger partial charge in [-0.2, -0.15) is 0 Å². The summed E-state index contributed by atoms with van der Waals surface area (Å²) < 4.78 is 27.3. The van der Waals surface area contributed by atoms with Gasteiger partial charge in [0.25, 0.3) is 5.91 Å². The van der Waals surface area contributed by atoms with E-state index in [1.807, 2.05) is 12.1 Å². The van der Waals surface area contributed by atoms with Crippen molar-refractivity contribution in [2.24, 2.45) is 0 Å². The largest absolute Gasteiger partial charge is 0.325 e. The van der Waals surface area contributed by atoms with Crippen LogP contribution >= 0.6 is 0 Å². The molecule has 27 heavy (non-hydrogen) atoms. The average Bonchev–Trinajstić information content (AvgIpc) is 3.12. The molecule has 138 valence electrons. The SMILES string of the molecule is O=C(CN1C(=O)N[C@]2(CCc3ccccc32)C1=O)Nc1c(F)cccc1F. The fourth-order valence-electron chi connectivity index (χ4n) is 3.67.